The molecule has 0 spiro atoms. The molecular weight excluding hydrogens is 312 g/mol. The van der Waals surface area contributed by atoms with Gasteiger partial charge in [-0.3, -0.25) is 4.90 Å². The molecule has 0 amide bonds. The van der Waals surface area contributed by atoms with Crippen molar-refractivity contribution in [2.45, 2.75) is 38.5 Å². The standard InChI is InChI=1S/C17H21ClN4O/c18-14-5-3-13(4-6-14)12-21-8-7-16-19-20-17(22(16)10-9-21)15-2-1-11-23-15/h3-6,15H,1-2,7-12H2/t15-/m0/s1. The number of nitrogens with zero attached hydrogens (tertiary/aromatic N) is 4. The van der Waals surface area contributed by atoms with Crippen LogP contribution in [0.4, 0.5) is 0 Å². The van der Waals surface area contributed by atoms with Crippen LogP contribution in [0.2, 0.25) is 5.02 Å². The number of ether oxygens (including phenoxy) is 1. The second kappa shape index (κ2) is 6.59. The minimum absolute atomic E-state index is 0.138. The number of fused-ring (bicyclic) bond motifs is 1. The molecule has 0 N–H and O–H groups in total. The lowest BCUT2D eigenvalue weighted by atomic mass is 10.2. The molecule has 2 aliphatic rings. The molecule has 1 aromatic carbocycles. The fourth-order valence-electron chi connectivity index (χ4n) is 3.41. The Bertz CT molecular complexity index is 664. The molecule has 2 aliphatic heterocycles. The van der Waals surface area contributed by atoms with Gasteiger partial charge in [0.2, 0.25) is 0 Å². The van der Waals surface area contributed by atoms with Crippen molar-refractivity contribution < 1.29 is 4.74 Å². The second-order valence-electron chi connectivity index (χ2n) is 6.28. The van der Waals surface area contributed by atoms with Crippen LogP contribution >= 0.6 is 11.6 Å². The first-order chi connectivity index (χ1) is 11.3. The summed E-state index contributed by atoms with van der Waals surface area (Å²) < 4.78 is 8.06. The average Bonchev–Trinajstić information content (AvgIpc) is 3.17. The van der Waals surface area contributed by atoms with Gasteiger partial charge in [0.05, 0.1) is 0 Å². The van der Waals surface area contributed by atoms with Gasteiger partial charge in [0.15, 0.2) is 5.82 Å². The van der Waals surface area contributed by atoms with Crippen molar-refractivity contribution in [2.75, 3.05) is 19.7 Å². The van der Waals surface area contributed by atoms with Crippen molar-refractivity contribution in [1.29, 1.82) is 0 Å². The van der Waals surface area contributed by atoms with E-state index in [1.807, 2.05) is 12.1 Å². The van der Waals surface area contributed by atoms with Gasteiger partial charge in [-0.2, -0.15) is 0 Å². The smallest absolute Gasteiger partial charge is 0.162 e. The summed E-state index contributed by atoms with van der Waals surface area (Å²) in [5.41, 5.74) is 1.30. The summed E-state index contributed by atoms with van der Waals surface area (Å²) in [7, 11) is 0. The van der Waals surface area contributed by atoms with Crippen molar-refractivity contribution in [3.05, 3.63) is 46.5 Å². The van der Waals surface area contributed by atoms with Gasteiger partial charge in [-0.05, 0) is 30.5 Å². The zero-order valence-electron chi connectivity index (χ0n) is 13.1. The SMILES string of the molecule is Clc1ccc(CN2CCc3nnc([C@@H]4CCCO4)n3CC2)cc1. The van der Waals surface area contributed by atoms with Gasteiger partial charge in [-0.15, -0.1) is 10.2 Å². The zero-order valence-corrected chi connectivity index (χ0v) is 13.9. The highest BCUT2D eigenvalue weighted by atomic mass is 35.5. The van der Waals surface area contributed by atoms with Crippen LogP contribution in [0.3, 0.4) is 0 Å². The van der Waals surface area contributed by atoms with Crippen LogP contribution in [-0.2, 0) is 24.2 Å². The van der Waals surface area contributed by atoms with Crippen molar-refractivity contribution in [3.8, 4) is 0 Å². The molecule has 1 saturated heterocycles. The van der Waals surface area contributed by atoms with Crippen LogP contribution in [0.5, 0.6) is 0 Å². The number of rotatable bonds is 3. The highest BCUT2D eigenvalue weighted by molar-refractivity contribution is 6.30. The number of aromatic nitrogens is 3. The van der Waals surface area contributed by atoms with Crippen LogP contribution in [-0.4, -0.2) is 39.4 Å². The Hall–Kier alpha value is -1.43. The lowest BCUT2D eigenvalue weighted by Crippen LogP contribution is -2.26. The third-order valence-corrected chi connectivity index (χ3v) is 4.94. The molecule has 0 aliphatic carbocycles. The molecule has 5 nitrogen and oxygen atoms in total. The van der Waals surface area contributed by atoms with E-state index < -0.39 is 0 Å². The summed E-state index contributed by atoms with van der Waals surface area (Å²) in [6.07, 6.45) is 3.26. The van der Waals surface area contributed by atoms with Gasteiger partial charge in [0, 0.05) is 44.2 Å². The van der Waals surface area contributed by atoms with E-state index >= 15 is 0 Å². The van der Waals surface area contributed by atoms with E-state index in [0.717, 1.165) is 68.7 Å². The van der Waals surface area contributed by atoms with Gasteiger partial charge in [-0.25, -0.2) is 0 Å². The van der Waals surface area contributed by atoms with E-state index in [9.17, 15) is 0 Å². The zero-order chi connectivity index (χ0) is 15.6. The van der Waals surface area contributed by atoms with Crippen LogP contribution < -0.4 is 0 Å². The van der Waals surface area contributed by atoms with Crippen LogP contribution in [0.25, 0.3) is 0 Å². The van der Waals surface area contributed by atoms with Crippen LogP contribution in [0.1, 0.15) is 36.2 Å². The summed E-state index contributed by atoms with van der Waals surface area (Å²) in [5, 5.41) is 9.59. The Balaban J connectivity index is 1.45. The number of hydrogen-bond acceptors (Lipinski definition) is 4. The highest BCUT2D eigenvalue weighted by Crippen LogP contribution is 2.28. The first-order valence-corrected chi connectivity index (χ1v) is 8.68. The minimum atomic E-state index is 0.138. The molecule has 122 valence electrons. The summed E-state index contributed by atoms with van der Waals surface area (Å²) in [6.45, 7) is 4.74. The quantitative estimate of drug-likeness (QED) is 0.867. The van der Waals surface area contributed by atoms with Gasteiger partial charge in [0.1, 0.15) is 11.9 Å². The highest BCUT2D eigenvalue weighted by Gasteiger charge is 2.26. The molecule has 1 aromatic heterocycles. The number of hydrogen-bond donors (Lipinski definition) is 0. The van der Waals surface area contributed by atoms with Crippen LogP contribution in [0.15, 0.2) is 24.3 Å². The molecule has 3 heterocycles. The topological polar surface area (TPSA) is 43.2 Å². The summed E-state index contributed by atoms with van der Waals surface area (Å²) in [5.74, 6) is 2.11. The normalized spacial score (nSPS) is 22.0. The van der Waals surface area contributed by atoms with Crippen molar-refractivity contribution >= 4 is 11.6 Å². The summed E-state index contributed by atoms with van der Waals surface area (Å²) >= 11 is 5.96. The Labute approximate surface area is 141 Å². The summed E-state index contributed by atoms with van der Waals surface area (Å²) in [6, 6.07) is 8.12. The predicted molar refractivity (Wildman–Crippen MR) is 88.4 cm³/mol. The van der Waals surface area contributed by atoms with Gasteiger partial charge in [-0.1, -0.05) is 23.7 Å². The number of halogens is 1. The number of benzene rings is 1. The maximum absolute atomic E-state index is 5.96. The van der Waals surface area contributed by atoms with E-state index in [4.69, 9.17) is 16.3 Å². The first kappa shape index (κ1) is 15.1. The predicted octanol–water partition coefficient (Wildman–Crippen LogP) is 2.84. The third kappa shape index (κ3) is 3.27. The minimum Gasteiger partial charge on any atom is -0.370 e. The molecule has 4 rings (SSSR count). The Kier molecular flexibility index (Phi) is 4.33. The van der Waals surface area contributed by atoms with Gasteiger partial charge in [0.25, 0.3) is 0 Å². The van der Waals surface area contributed by atoms with E-state index in [-0.39, 0.29) is 6.10 Å². The fourth-order valence-corrected chi connectivity index (χ4v) is 3.54. The lowest BCUT2D eigenvalue weighted by molar-refractivity contribution is 0.101. The van der Waals surface area contributed by atoms with E-state index in [1.54, 1.807) is 0 Å². The molecular formula is C17H21ClN4O. The molecule has 23 heavy (non-hydrogen) atoms. The van der Waals surface area contributed by atoms with Crippen LogP contribution in [0, 0.1) is 0 Å². The molecule has 0 unspecified atom stereocenters. The largest absolute Gasteiger partial charge is 0.370 e. The maximum Gasteiger partial charge on any atom is 0.162 e. The Morgan fingerprint density at radius 2 is 2.00 bits per heavy atom. The van der Waals surface area contributed by atoms with Gasteiger partial charge >= 0.3 is 0 Å². The molecule has 0 bridgehead atoms. The monoisotopic (exact) mass is 332 g/mol. The fraction of sp³-hybridized carbons (Fsp3) is 0.529. The maximum atomic E-state index is 5.96. The molecule has 1 fully saturated rings. The average molecular weight is 333 g/mol. The summed E-state index contributed by atoms with van der Waals surface area (Å²) in [4.78, 5) is 2.47. The molecule has 1 atom stereocenters. The Morgan fingerprint density at radius 1 is 1.13 bits per heavy atom. The van der Waals surface area contributed by atoms with Gasteiger partial charge < -0.3 is 9.30 Å². The molecule has 2 aromatic rings. The molecule has 0 saturated carbocycles. The van der Waals surface area contributed by atoms with Crippen molar-refractivity contribution in [2.24, 2.45) is 0 Å². The van der Waals surface area contributed by atoms with Crippen molar-refractivity contribution in [1.82, 2.24) is 19.7 Å². The first-order valence-electron chi connectivity index (χ1n) is 8.30. The van der Waals surface area contributed by atoms with E-state index in [0.29, 0.717) is 0 Å². The third-order valence-electron chi connectivity index (χ3n) is 4.68. The second-order valence-corrected chi connectivity index (χ2v) is 6.72. The van der Waals surface area contributed by atoms with E-state index in [1.165, 1.54) is 5.56 Å². The molecule has 0 radical (unpaired) electrons. The Morgan fingerprint density at radius 3 is 2.78 bits per heavy atom. The lowest BCUT2D eigenvalue weighted by Gasteiger charge is -2.20. The van der Waals surface area contributed by atoms with Crippen molar-refractivity contribution in [3.63, 3.8) is 0 Å². The van der Waals surface area contributed by atoms with E-state index in [2.05, 4.69) is 31.8 Å². The molecule has 6 heteroatoms.